The molecule has 6 nitrogen and oxygen atoms in total. The number of rotatable bonds is 5. The standard InChI is InChI=1S/C22H32ClN3O3/c1-15-6-5-11-26(15,21(28)20(27)16-7-3-2-4-8-16)22(29)25-14-18-12-19(23)10-9-17(18)13-24/h9-10,12,15-16,20,27H,2-8,11,13-14,24H2,1H3/p+1/t15-,20-,26?/m1/s1. The van der Waals surface area contributed by atoms with Gasteiger partial charge in [0.05, 0.1) is 6.54 Å². The summed E-state index contributed by atoms with van der Waals surface area (Å²) in [4.78, 5) is 26.8. The van der Waals surface area contributed by atoms with Gasteiger partial charge in [0.1, 0.15) is 6.04 Å². The Bertz CT molecular complexity index is 751. The fraction of sp³-hybridized carbons (Fsp3) is 0.636. The molecule has 1 aliphatic heterocycles. The smallest absolute Gasteiger partial charge is 0.379 e. The number of aliphatic hydroxyl groups is 1. The number of nitrogens with zero attached hydrogens (tertiary/aromatic N) is 1. The number of nitrogens with two attached hydrogens (primary N) is 1. The quantitative estimate of drug-likeness (QED) is 0.633. The summed E-state index contributed by atoms with van der Waals surface area (Å²) >= 11 is 6.10. The van der Waals surface area contributed by atoms with Gasteiger partial charge in [-0.25, -0.2) is 9.59 Å². The molecular formula is C22H33ClN3O3+. The fourth-order valence-electron chi connectivity index (χ4n) is 4.96. The van der Waals surface area contributed by atoms with Gasteiger partial charge >= 0.3 is 11.9 Å². The maximum absolute atomic E-state index is 13.4. The van der Waals surface area contributed by atoms with Crippen LogP contribution in [0.3, 0.4) is 0 Å². The summed E-state index contributed by atoms with van der Waals surface area (Å²) in [5.74, 6) is -0.381. The molecule has 1 saturated carbocycles. The largest absolute Gasteiger partial charge is 0.424 e. The molecule has 1 aliphatic carbocycles. The molecular weight excluding hydrogens is 390 g/mol. The highest BCUT2D eigenvalue weighted by Crippen LogP contribution is 2.34. The van der Waals surface area contributed by atoms with E-state index in [2.05, 4.69) is 5.32 Å². The summed E-state index contributed by atoms with van der Waals surface area (Å²) in [6, 6.07) is 4.94. The van der Waals surface area contributed by atoms with Crippen molar-refractivity contribution in [1.29, 1.82) is 0 Å². The summed E-state index contributed by atoms with van der Waals surface area (Å²) < 4.78 is -0.309. The Hall–Kier alpha value is -1.47. The molecule has 1 aromatic carbocycles. The van der Waals surface area contributed by atoms with Gasteiger partial charge in [0.25, 0.3) is 0 Å². The number of carbonyl (C=O) groups excluding carboxylic acids is 2. The first-order valence-corrected chi connectivity index (χ1v) is 11.1. The van der Waals surface area contributed by atoms with Crippen molar-refractivity contribution < 1.29 is 19.2 Å². The van der Waals surface area contributed by atoms with Crippen molar-refractivity contribution >= 4 is 23.5 Å². The monoisotopic (exact) mass is 422 g/mol. The maximum atomic E-state index is 13.4. The van der Waals surface area contributed by atoms with E-state index in [-0.39, 0.29) is 34.9 Å². The van der Waals surface area contributed by atoms with Crippen LogP contribution in [0.4, 0.5) is 4.79 Å². The first-order valence-electron chi connectivity index (χ1n) is 10.8. The second-order valence-corrected chi connectivity index (χ2v) is 8.98. The van der Waals surface area contributed by atoms with Crippen molar-refractivity contribution in [2.75, 3.05) is 6.54 Å². The molecule has 29 heavy (non-hydrogen) atoms. The second kappa shape index (κ2) is 9.56. The molecule has 1 unspecified atom stereocenters. The minimum Gasteiger partial charge on any atom is -0.379 e. The molecule has 160 valence electrons. The van der Waals surface area contributed by atoms with Gasteiger partial charge in [0.15, 0.2) is 6.10 Å². The minimum atomic E-state index is -1.08. The number of nitrogens with one attached hydrogen (secondary N) is 1. The van der Waals surface area contributed by atoms with Crippen LogP contribution in [0.15, 0.2) is 18.2 Å². The van der Waals surface area contributed by atoms with E-state index in [1.165, 1.54) is 0 Å². The van der Waals surface area contributed by atoms with Crippen LogP contribution >= 0.6 is 11.6 Å². The Morgan fingerprint density at radius 2 is 1.93 bits per heavy atom. The number of hydrogen-bond donors (Lipinski definition) is 3. The average molecular weight is 423 g/mol. The number of benzene rings is 1. The number of quaternary nitrogens is 1. The molecule has 4 N–H and O–H groups in total. The minimum absolute atomic E-state index is 0.0383. The van der Waals surface area contributed by atoms with Crippen molar-refractivity contribution in [2.24, 2.45) is 11.7 Å². The summed E-state index contributed by atoms with van der Waals surface area (Å²) in [5.41, 5.74) is 7.55. The fourth-order valence-corrected chi connectivity index (χ4v) is 5.16. The molecule has 0 aromatic heterocycles. The zero-order chi connectivity index (χ0) is 21.0. The van der Waals surface area contributed by atoms with Gasteiger partial charge in [0.2, 0.25) is 0 Å². The van der Waals surface area contributed by atoms with Crippen molar-refractivity contribution in [3.8, 4) is 0 Å². The van der Waals surface area contributed by atoms with Crippen LogP contribution < -0.4 is 11.1 Å². The number of urea groups is 1. The molecule has 1 heterocycles. The molecule has 2 fully saturated rings. The predicted molar refractivity (Wildman–Crippen MR) is 113 cm³/mol. The molecule has 1 aromatic rings. The topological polar surface area (TPSA) is 92.4 Å². The Labute approximate surface area is 178 Å². The van der Waals surface area contributed by atoms with Crippen LogP contribution in [-0.2, 0) is 17.9 Å². The maximum Gasteiger partial charge on any atom is 0.424 e. The molecule has 3 atom stereocenters. The van der Waals surface area contributed by atoms with Crippen LogP contribution in [0, 0.1) is 5.92 Å². The van der Waals surface area contributed by atoms with Crippen LogP contribution in [0.2, 0.25) is 5.02 Å². The normalized spacial score (nSPS) is 26.3. The number of hydrogen-bond acceptors (Lipinski definition) is 4. The van der Waals surface area contributed by atoms with E-state index in [1.54, 1.807) is 12.1 Å². The lowest BCUT2D eigenvalue weighted by Crippen LogP contribution is -2.66. The number of aliphatic hydroxyl groups excluding tert-OH is 1. The number of amides is 3. The number of carbonyl (C=O) groups is 2. The van der Waals surface area contributed by atoms with Crippen molar-refractivity contribution in [3.05, 3.63) is 34.3 Å². The Morgan fingerprint density at radius 3 is 2.55 bits per heavy atom. The van der Waals surface area contributed by atoms with Gasteiger partial charge < -0.3 is 16.2 Å². The zero-order valence-corrected chi connectivity index (χ0v) is 18.0. The number of imide groups is 1. The van der Waals surface area contributed by atoms with E-state index in [1.807, 2.05) is 13.0 Å². The molecule has 7 heteroatoms. The molecule has 0 bridgehead atoms. The van der Waals surface area contributed by atoms with E-state index in [9.17, 15) is 14.7 Å². The van der Waals surface area contributed by atoms with E-state index < -0.39 is 6.10 Å². The van der Waals surface area contributed by atoms with Gasteiger partial charge in [-0.05, 0) is 48.9 Å². The average Bonchev–Trinajstić information content (AvgIpc) is 3.13. The highest BCUT2D eigenvalue weighted by molar-refractivity contribution is 6.30. The van der Waals surface area contributed by atoms with Gasteiger partial charge in [0, 0.05) is 31.0 Å². The van der Waals surface area contributed by atoms with Gasteiger partial charge in [-0.15, -0.1) is 0 Å². The molecule has 0 radical (unpaired) electrons. The van der Waals surface area contributed by atoms with Crippen LogP contribution in [0.1, 0.15) is 63.0 Å². The van der Waals surface area contributed by atoms with E-state index >= 15 is 0 Å². The third-order valence-electron chi connectivity index (χ3n) is 6.81. The molecule has 2 aliphatic rings. The Morgan fingerprint density at radius 1 is 1.21 bits per heavy atom. The predicted octanol–water partition coefficient (Wildman–Crippen LogP) is 3.48. The number of halogens is 1. The third kappa shape index (κ3) is 4.50. The second-order valence-electron chi connectivity index (χ2n) is 8.54. The third-order valence-corrected chi connectivity index (χ3v) is 7.04. The summed E-state index contributed by atoms with van der Waals surface area (Å²) in [7, 11) is 0. The van der Waals surface area contributed by atoms with E-state index in [0.717, 1.165) is 56.1 Å². The lowest BCUT2D eigenvalue weighted by molar-refractivity contribution is -0.787. The van der Waals surface area contributed by atoms with Crippen molar-refractivity contribution in [2.45, 2.75) is 77.1 Å². The summed E-state index contributed by atoms with van der Waals surface area (Å²) in [6.07, 6.45) is 5.44. The van der Waals surface area contributed by atoms with Crippen LogP contribution in [-0.4, -0.2) is 40.2 Å². The molecule has 1 saturated heterocycles. The molecule has 0 spiro atoms. The molecule has 3 amide bonds. The van der Waals surface area contributed by atoms with Crippen LogP contribution in [0.25, 0.3) is 0 Å². The van der Waals surface area contributed by atoms with Gasteiger partial charge in [-0.1, -0.05) is 36.9 Å². The summed E-state index contributed by atoms with van der Waals surface area (Å²) in [5, 5.41) is 14.4. The van der Waals surface area contributed by atoms with Gasteiger partial charge in [-0.2, -0.15) is 4.48 Å². The van der Waals surface area contributed by atoms with E-state index in [0.29, 0.717) is 18.1 Å². The number of likely N-dealkylation sites (tertiary alicyclic amines) is 1. The lowest BCUT2D eigenvalue weighted by Gasteiger charge is -2.36. The highest BCUT2D eigenvalue weighted by Gasteiger charge is 2.55. The van der Waals surface area contributed by atoms with Crippen LogP contribution in [0.5, 0.6) is 0 Å². The summed E-state index contributed by atoms with van der Waals surface area (Å²) in [6.45, 7) is 2.97. The Balaban J connectivity index is 1.78. The highest BCUT2D eigenvalue weighted by atomic mass is 35.5. The van der Waals surface area contributed by atoms with Crippen molar-refractivity contribution in [1.82, 2.24) is 5.32 Å². The first-order chi connectivity index (χ1) is 13.9. The molecule has 3 rings (SSSR count). The van der Waals surface area contributed by atoms with Crippen molar-refractivity contribution in [3.63, 3.8) is 0 Å². The van der Waals surface area contributed by atoms with E-state index in [4.69, 9.17) is 17.3 Å². The van der Waals surface area contributed by atoms with Gasteiger partial charge in [-0.3, -0.25) is 0 Å². The SMILES string of the molecule is C[C@@H]1CCC[N+]1(C(=O)NCc1cc(Cl)ccc1CN)C(=O)[C@H](O)C1CCCCC1. The Kier molecular flexibility index (Phi) is 7.32. The zero-order valence-electron chi connectivity index (χ0n) is 17.2. The first kappa shape index (κ1) is 22.2. The lowest BCUT2D eigenvalue weighted by atomic mass is 9.84.